The van der Waals surface area contributed by atoms with Gasteiger partial charge in [-0.15, -0.1) is 0 Å². The average molecular weight is 397 g/mol. The first kappa shape index (κ1) is 20.8. The molecule has 0 spiro atoms. The number of carbonyl (C=O) groups excluding carboxylic acids is 1. The minimum absolute atomic E-state index is 0.0459. The first-order chi connectivity index (χ1) is 13.9. The third-order valence-corrected chi connectivity index (χ3v) is 4.79. The lowest BCUT2D eigenvalue weighted by Gasteiger charge is -2.25. The van der Waals surface area contributed by atoms with Crippen molar-refractivity contribution < 1.29 is 13.9 Å². The second-order valence-corrected chi connectivity index (χ2v) is 7.59. The highest BCUT2D eigenvalue weighted by Crippen LogP contribution is 2.22. The minimum atomic E-state index is -0.579. The Labute approximate surface area is 171 Å². The van der Waals surface area contributed by atoms with Gasteiger partial charge in [0.25, 0.3) is 5.91 Å². The maximum Gasteiger partial charge on any atom is 0.257 e. The lowest BCUT2D eigenvalue weighted by atomic mass is 10.1. The molecular formula is C23H28FN3O2. The number of imidazole rings is 1. The molecule has 6 heteroatoms. The molecule has 154 valence electrons. The van der Waals surface area contributed by atoms with Gasteiger partial charge in [0.15, 0.2) is 0 Å². The van der Waals surface area contributed by atoms with Gasteiger partial charge in [-0.25, -0.2) is 9.37 Å². The highest BCUT2D eigenvalue weighted by atomic mass is 19.1. The van der Waals surface area contributed by atoms with E-state index >= 15 is 0 Å². The molecule has 0 bridgehead atoms. The summed E-state index contributed by atoms with van der Waals surface area (Å²) in [7, 11) is 1.47. The Hall–Kier alpha value is -2.89. The van der Waals surface area contributed by atoms with Gasteiger partial charge in [0.2, 0.25) is 0 Å². The molecule has 29 heavy (non-hydrogen) atoms. The van der Waals surface area contributed by atoms with E-state index in [0.29, 0.717) is 18.8 Å². The fourth-order valence-corrected chi connectivity index (χ4v) is 3.52. The van der Waals surface area contributed by atoms with Crippen molar-refractivity contribution >= 4 is 16.9 Å². The Morgan fingerprint density at radius 2 is 2.00 bits per heavy atom. The van der Waals surface area contributed by atoms with Gasteiger partial charge in [0.05, 0.1) is 30.3 Å². The van der Waals surface area contributed by atoms with Crippen LogP contribution in [-0.2, 0) is 13.1 Å². The number of benzene rings is 2. The maximum absolute atomic E-state index is 14.5. The molecule has 0 aliphatic rings. The standard InChI is InChI=1S/C23H28FN3O2/c1-5-12-27-21-9-7-6-8-20(21)25-22(27)15-26(14-16(2)3)23(28)18-11-10-17(29-4)13-19(18)24/h6-11,13,16H,5,12,14-15H2,1-4H3. The first-order valence-corrected chi connectivity index (χ1v) is 10.0. The number of aromatic nitrogens is 2. The SMILES string of the molecule is CCCn1c(CN(CC(C)C)C(=O)c2ccc(OC)cc2F)nc2ccccc21. The minimum Gasteiger partial charge on any atom is -0.497 e. The Morgan fingerprint density at radius 1 is 1.24 bits per heavy atom. The molecule has 0 saturated carbocycles. The van der Waals surface area contributed by atoms with Crippen LogP contribution in [-0.4, -0.2) is 34.0 Å². The van der Waals surface area contributed by atoms with E-state index in [1.165, 1.54) is 19.2 Å². The van der Waals surface area contributed by atoms with Crippen LogP contribution in [0.1, 0.15) is 43.4 Å². The highest BCUT2D eigenvalue weighted by molar-refractivity contribution is 5.94. The summed E-state index contributed by atoms with van der Waals surface area (Å²) < 4.78 is 21.7. The summed E-state index contributed by atoms with van der Waals surface area (Å²) in [5.41, 5.74) is 2.00. The van der Waals surface area contributed by atoms with Crippen molar-refractivity contribution in [3.63, 3.8) is 0 Å². The van der Waals surface area contributed by atoms with Crippen molar-refractivity contribution in [1.29, 1.82) is 0 Å². The van der Waals surface area contributed by atoms with Gasteiger partial charge >= 0.3 is 0 Å². The van der Waals surface area contributed by atoms with Crippen LogP contribution in [0.4, 0.5) is 4.39 Å². The summed E-state index contributed by atoms with van der Waals surface area (Å²) >= 11 is 0. The second-order valence-electron chi connectivity index (χ2n) is 7.59. The predicted molar refractivity (Wildman–Crippen MR) is 113 cm³/mol. The Bertz CT molecular complexity index is 997. The van der Waals surface area contributed by atoms with E-state index in [2.05, 4.69) is 11.5 Å². The molecule has 0 aliphatic carbocycles. The van der Waals surface area contributed by atoms with Crippen LogP contribution < -0.4 is 4.74 Å². The maximum atomic E-state index is 14.5. The van der Waals surface area contributed by atoms with Crippen molar-refractivity contribution in [2.75, 3.05) is 13.7 Å². The van der Waals surface area contributed by atoms with Crippen LogP contribution in [0.3, 0.4) is 0 Å². The molecule has 0 unspecified atom stereocenters. The molecule has 5 nitrogen and oxygen atoms in total. The van der Waals surface area contributed by atoms with Gasteiger partial charge in [-0.2, -0.15) is 0 Å². The first-order valence-electron chi connectivity index (χ1n) is 10.0. The zero-order valence-electron chi connectivity index (χ0n) is 17.5. The van der Waals surface area contributed by atoms with Gasteiger partial charge in [0, 0.05) is 19.2 Å². The number of fused-ring (bicyclic) bond motifs is 1. The second kappa shape index (κ2) is 9.07. The van der Waals surface area contributed by atoms with Crippen molar-refractivity contribution in [2.45, 2.75) is 40.3 Å². The van der Waals surface area contributed by atoms with Crippen molar-refractivity contribution in [3.05, 3.63) is 59.7 Å². The molecule has 1 heterocycles. The molecular weight excluding hydrogens is 369 g/mol. The van der Waals surface area contributed by atoms with Crippen LogP contribution in [0, 0.1) is 11.7 Å². The number of carbonyl (C=O) groups is 1. The lowest BCUT2D eigenvalue weighted by Crippen LogP contribution is -2.35. The normalized spacial score (nSPS) is 11.2. The van der Waals surface area contributed by atoms with E-state index < -0.39 is 5.82 Å². The summed E-state index contributed by atoms with van der Waals surface area (Å²) in [6, 6.07) is 12.3. The third-order valence-electron chi connectivity index (χ3n) is 4.79. The van der Waals surface area contributed by atoms with E-state index in [-0.39, 0.29) is 17.4 Å². The molecule has 0 N–H and O–H groups in total. The molecule has 0 atom stereocenters. The van der Waals surface area contributed by atoms with Crippen LogP contribution in [0.5, 0.6) is 5.75 Å². The number of methoxy groups -OCH3 is 1. The number of ether oxygens (including phenoxy) is 1. The van der Waals surface area contributed by atoms with Gasteiger partial charge in [-0.05, 0) is 36.6 Å². The van der Waals surface area contributed by atoms with Crippen molar-refractivity contribution in [2.24, 2.45) is 5.92 Å². The molecule has 0 saturated heterocycles. The fraction of sp³-hybridized carbons (Fsp3) is 0.391. The zero-order valence-corrected chi connectivity index (χ0v) is 17.5. The topological polar surface area (TPSA) is 47.4 Å². The van der Waals surface area contributed by atoms with E-state index in [1.807, 2.05) is 38.1 Å². The fourth-order valence-electron chi connectivity index (χ4n) is 3.52. The summed E-state index contributed by atoms with van der Waals surface area (Å²) in [5, 5.41) is 0. The zero-order chi connectivity index (χ0) is 21.0. The Balaban J connectivity index is 1.97. The van der Waals surface area contributed by atoms with Gasteiger partial charge in [0.1, 0.15) is 17.4 Å². The molecule has 3 rings (SSSR count). The van der Waals surface area contributed by atoms with Gasteiger partial charge in [-0.1, -0.05) is 32.9 Å². The van der Waals surface area contributed by atoms with E-state index in [1.54, 1.807) is 11.0 Å². The summed E-state index contributed by atoms with van der Waals surface area (Å²) in [6.07, 6.45) is 0.957. The number of rotatable bonds is 8. The summed E-state index contributed by atoms with van der Waals surface area (Å²) in [4.78, 5) is 19.6. The summed E-state index contributed by atoms with van der Waals surface area (Å²) in [6.45, 7) is 7.86. The smallest absolute Gasteiger partial charge is 0.257 e. The monoisotopic (exact) mass is 397 g/mol. The van der Waals surface area contributed by atoms with E-state index in [4.69, 9.17) is 9.72 Å². The molecule has 1 amide bonds. The van der Waals surface area contributed by atoms with Crippen molar-refractivity contribution in [3.8, 4) is 5.75 Å². The number of halogens is 1. The quantitative estimate of drug-likeness (QED) is 0.544. The Kier molecular flexibility index (Phi) is 6.52. The molecule has 3 aromatic rings. The number of hydrogen-bond acceptors (Lipinski definition) is 3. The number of para-hydroxylation sites is 2. The largest absolute Gasteiger partial charge is 0.497 e. The molecule has 0 radical (unpaired) electrons. The molecule has 0 fully saturated rings. The Morgan fingerprint density at radius 3 is 2.66 bits per heavy atom. The molecule has 0 aliphatic heterocycles. The average Bonchev–Trinajstić information content (AvgIpc) is 3.04. The summed E-state index contributed by atoms with van der Waals surface area (Å²) in [5.74, 6) is 0.526. The number of nitrogens with zero attached hydrogens (tertiary/aromatic N) is 3. The number of aryl methyl sites for hydroxylation is 1. The van der Waals surface area contributed by atoms with Crippen LogP contribution >= 0.6 is 0 Å². The van der Waals surface area contributed by atoms with E-state index in [9.17, 15) is 9.18 Å². The van der Waals surface area contributed by atoms with Crippen molar-refractivity contribution in [1.82, 2.24) is 14.5 Å². The third kappa shape index (κ3) is 4.58. The van der Waals surface area contributed by atoms with Gasteiger partial charge < -0.3 is 14.2 Å². The number of amides is 1. The van der Waals surface area contributed by atoms with Gasteiger partial charge in [-0.3, -0.25) is 4.79 Å². The highest BCUT2D eigenvalue weighted by Gasteiger charge is 2.23. The van der Waals surface area contributed by atoms with Crippen LogP contribution in [0.25, 0.3) is 11.0 Å². The van der Waals surface area contributed by atoms with Crippen LogP contribution in [0.15, 0.2) is 42.5 Å². The predicted octanol–water partition coefficient (Wildman–Crippen LogP) is 4.89. The van der Waals surface area contributed by atoms with Crippen LogP contribution in [0.2, 0.25) is 0 Å². The molecule has 1 aromatic heterocycles. The lowest BCUT2D eigenvalue weighted by molar-refractivity contribution is 0.0711. The number of hydrogen-bond donors (Lipinski definition) is 0. The molecule has 2 aromatic carbocycles. The van der Waals surface area contributed by atoms with E-state index in [0.717, 1.165) is 29.8 Å².